The van der Waals surface area contributed by atoms with Crippen molar-refractivity contribution in [3.63, 3.8) is 0 Å². The lowest BCUT2D eigenvalue weighted by atomic mass is 10.2. The molecule has 2 aromatic rings. The van der Waals surface area contributed by atoms with Crippen molar-refractivity contribution in [3.05, 3.63) is 30.1 Å². The zero-order valence-corrected chi connectivity index (χ0v) is 14.0. The van der Waals surface area contributed by atoms with Gasteiger partial charge in [-0.25, -0.2) is 9.78 Å². The van der Waals surface area contributed by atoms with Crippen LogP contribution in [0.1, 0.15) is 44.1 Å². The van der Waals surface area contributed by atoms with Crippen molar-refractivity contribution in [1.29, 1.82) is 0 Å². The van der Waals surface area contributed by atoms with Gasteiger partial charge in [-0.05, 0) is 45.7 Å². The van der Waals surface area contributed by atoms with Crippen LogP contribution in [-0.2, 0) is 14.3 Å². The molecule has 128 valence electrons. The summed E-state index contributed by atoms with van der Waals surface area (Å²) < 4.78 is 12.4. The number of fused-ring (bicyclic) bond motifs is 1. The van der Waals surface area contributed by atoms with E-state index in [1.807, 2.05) is 6.07 Å². The molecule has 1 N–H and O–H groups in total. The maximum Gasteiger partial charge on any atom is 0.359 e. The summed E-state index contributed by atoms with van der Waals surface area (Å²) in [5, 5.41) is 2.71. The van der Waals surface area contributed by atoms with Gasteiger partial charge in [-0.3, -0.25) is 9.20 Å². The lowest BCUT2D eigenvalue weighted by Crippen LogP contribution is -2.29. The van der Waals surface area contributed by atoms with Crippen LogP contribution in [0.4, 0.5) is 5.82 Å². The van der Waals surface area contributed by atoms with Gasteiger partial charge in [0.15, 0.2) is 11.5 Å². The Bertz CT molecular complexity index is 770. The highest BCUT2D eigenvalue weighted by atomic mass is 16.6. The van der Waals surface area contributed by atoms with Crippen LogP contribution in [0, 0.1) is 0 Å². The Morgan fingerprint density at radius 1 is 1.38 bits per heavy atom. The molecule has 1 atom stereocenters. The monoisotopic (exact) mass is 331 g/mol. The van der Waals surface area contributed by atoms with Crippen molar-refractivity contribution in [2.45, 2.75) is 45.3 Å². The topological polar surface area (TPSA) is 81.9 Å². The summed E-state index contributed by atoms with van der Waals surface area (Å²) in [4.78, 5) is 29.3. The first-order valence-corrected chi connectivity index (χ1v) is 7.98. The van der Waals surface area contributed by atoms with E-state index < -0.39 is 17.7 Å². The fraction of sp³-hybridized carbons (Fsp3) is 0.471. The molecule has 1 unspecified atom stereocenters. The largest absolute Gasteiger partial charge is 0.455 e. The predicted molar refractivity (Wildman–Crippen MR) is 88.0 cm³/mol. The Labute approximate surface area is 140 Å². The lowest BCUT2D eigenvalue weighted by molar-refractivity contribution is -0.124. The molecule has 0 aromatic carbocycles. The minimum absolute atomic E-state index is 0.191. The summed E-state index contributed by atoms with van der Waals surface area (Å²) in [7, 11) is 0. The second-order valence-corrected chi connectivity index (χ2v) is 6.73. The molecule has 0 spiro atoms. The highest BCUT2D eigenvalue weighted by Gasteiger charge is 2.29. The summed E-state index contributed by atoms with van der Waals surface area (Å²) in [5.41, 5.74) is 0.110. The molecule has 1 saturated heterocycles. The van der Waals surface area contributed by atoms with Gasteiger partial charge in [-0.15, -0.1) is 0 Å². The molecule has 1 fully saturated rings. The first-order valence-electron chi connectivity index (χ1n) is 7.98. The Hall–Kier alpha value is -2.41. The van der Waals surface area contributed by atoms with Crippen LogP contribution >= 0.6 is 0 Å². The number of amides is 1. The van der Waals surface area contributed by atoms with Crippen LogP contribution in [0.5, 0.6) is 0 Å². The Morgan fingerprint density at radius 3 is 2.83 bits per heavy atom. The molecule has 0 aliphatic carbocycles. The Kier molecular flexibility index (Phi) is 4.28. The molecule has 3 rings (SSSR count). The third-order valence-electron chi connectivity index (χ3n) is 3.59. The van der Waals surface area contributed by atoms with E-state index >= 15 is 0 Å². The summed E-state index contributed by atoms with van der Waals surface area (Å²) in [6, 6.07) is 5.36. The van der Waals surface area contributed by atoms with E-state index in [4.69, 9.17) is 9.47 Å². The molecular formula is C17H21N3O4. The molecule has 24 heavy (non-hydrogen) atoms. The molecule has 0 radical (unpaired) electrons. The number of hydrogen-bond acceptors (Lipinski definition) is 5. The number of ether oxygens (including phenoxy) is 2. The normalized spacial score (nSPS) is 17.9. The molecule has 1 aliphatic rings. The molecule has 7 heteroatoms. The second-order valence-electron chi connectivity index (χ2n) is 6.73. The van der Waals surface area contributed by atoms with Gasteiger partial charge in [-0.1, -0.05) is 6.07 Å². The molecule has 3 heterocycles. The zero-order valence-electron chi connectivity index (χ0n) is 14.0. The number of carbonyl (C=O) groups excluding carboxylic acids is 2. The first kappa shape index (κ1) is 16.4. The third-order valence-corrected chi connectivity index (χ3v) is 3.59. The van der Waals surface area contributed by atoms with Crippen molar-refractivity contribution in [2.75, 3.05) is 11.9 Å². The summed E-state index contributed by atoms with van der Waals surface area (Å²) >= 11 is 0. The van der Waals surface area contributed by atoms with Gasteiger partial charge in [0.05, 0.1) is 0 Å². The van der Waals surface area contributed by atoms with E-state index in [9.17, 15) is 9.59 Å². The van der Waals surface area contributed by atoms with Crippen LogP contribution in [0.15, 0.2) is 24.4 Å². The number of anilines is 1. The number of hydrogen-bond donors (Lipinski definition) is 1. The lowest BCUT2D eigenvalue weighted by Gasteiger charge is -2.19. The van der Waals surface area contributed by atoms with Gasteiger partial charge >= 0.3 is 5.97 Å². The predicted octanol–water partition coefficient (Wildman–Crippen LogP) is 2.41. The van der Waals surface area contributed by atoms with Gasteiger partial charge in [-0.2, -0.15) is 0 Å². The number of nitrogens with zero attached hydrogens (tertiary/aromatic N) is 2. The molecule has 0 bridgehead atoms. The maximum atomic E-state index is 12.6. The molecule has 7 nitrogen and oxygen atoms in total. The second kappa shape index (κ2) is 6.24. The average molecular weight is 331 g/mol. The Morgan fingerprint density at radius 2 is 2.17 bits per heavy atom. The number of imidazole rings is 1. The van der Waals surface area contributed by atoms with Crippen molar-refractivity contribution in [2.24, 2.45) is 0 Å². The Balaban J connectivity index is 1.95. The molecule has 1 amide bonds. The van der Waals surface area contributed by atoms with Gasteiger partial charge < -0.3 is 14.8 Å². The van der Waals surface area contributed by atoms with E-state index in [2.05, 4.69) is 10.3 Å². The van der Waals surface area contributed by atoms with Crippen LogP contribution in [-0.4, -0.2) is 39.6 Å². The minimum atomic E-state index is -0.647. The zero-order chi connectivity index (χ0) is 17.3. The van der Waals surface area contributed by atoms with Crippen molar-refractivity contribution >= 4 is 23.3 Å². The summed E-state index contributed by atoms with van der Waals surface area (Å²) in [6.45, 7) is 5.94. The third kappa shape index (κ3) is 3.41. The number of aromatic nitrogens is 2. The molecular weight excluding hydrogens is 310 g/mol. The van der Waals surface area contributed by atoms with Crippen LogP contribution in [0.25, 0.3) is 5.65 Å². The number of rotatable bonds is 3. The van der Waals surface area contributed by atoms with Gasteiger partial charge in [0, 0.05) is 12.8 Å². The first-order chi connectivity index (χ1) is 11.3. The number of pyridine rings is 1. The van der Waals surface area contributed by atoms with Gasteiger partial charge in [0.25, 0.3) is 5.91 Å². The van der Waals surface area contributed by atoms with Crippen LogP contribution in [0.2, 0.25) is 0 Å². The number of nitrogens with one attached hydrogen (secondary N) is 1. The van der Waals surface area contributed by atoms with Gasteiger partial charge in [0.1, 0.15) is 17.4 Å². The highest BCUT2D eigenvalue weighted by molar-refractivity contribution is 6.01. The average Bonchev–Trinajstić information content (AvgIpc) is 3.12. The van der Waals surface area contributed by atoms with E-state index in [1.54, 1.807) is 43.5 Å². The standard InChI is InChI=1S/C17H21N3O4/c1-17(2,3)24-16(22)13-14(18-12-8-4-5-9-20(12)13)19-15(21)11-7-6-10-23-11/h4-5,8-9,11H,6-7,10H2,1-3H3,(H,19,21). The fourth-order valence-electron chi connectivity index (χ4n) is 2.59. The molecule has 2 aromatic heterocycles. The molecule has 0 saturated carbocycles. The van der Waals surface area contributed by atoms with Crippen molar-refractivity contribution in [1.82, 2.24) is 9.38 Å². The van der Waals surface area contributed by atoms with Crippen LogP contribution < -0.4 is 5.32 Å². The van der Waals surface area contributed by atoms with Gasteiger partial charge in [0.2, 0.25) is 0 Å². The quantitative estimate of drug-likeness (QED) is 0.874. The molecule has 1 aliphatic heterocycles. The van der Waals surface area contributed by atoms with Crippen molar-refractivity contribution in [3.8, 4) is 0 Å². The number of carbonyl (C=O) groups is 2. The van der Waals surface area contributed by atoms with E-state index in [0.717, 1.165) is 6.42 Å². The van der Waals surface area contributed by atoms with Crippen LogP contribution in [0.3, 0.4) is 0 Å². The smallest absolute Gasteiger partial charge is 0.359 e. The SMILES string of the molecule is CC(C)(C)OC(=O)c1c(NC(=O)C2CCCO2)nc2ccccn12. The fourth-order valence-corrected chi connectivity index (χ4v) is 2.59. The number of esters is 1. The summed E-state index contributed by atoms with van der Waals surface area (Å²) in [5.74, 6) is -0.638. The van der Waals surface area contributed by atoms with E-state index in [1.165, 1.54) is 0 Å². The van der Waals surface area contributed by atoms with E-state index in [-0.39, 0.29) is 17.4 Å². The highest BCUT2D eigenvalue weighted by Crippen LogP contribution is 2.22. The maximum absolute atomic E-state index is 12.6. The summed E-state index contributed by atoms with van der Waals surface area (Å²) in [6.07, 6.45) is 2.73. The minimum Gasteiger partial charge on any atom is -0.455 e. The van der Waals surface area contributed by atoms with Crippen molar-refractivity contribution < 1.29 is 19.1 Å². The van der Waals surface area contributed by atoms with E-state index in [0.29, 0.717) is 18.7 Å².